The number of aromatic nitrogens is 3. The number of halogens is 4. The average Bonchev–Trinajstić information content (AvgIpc) is 2.47. The minimum Gasteiger partial charge on any atom is -0.494 e. The Balaban J connectivity index is 2.35. The van der Waals surface area contributed by atoms with Gasteiger partial charge in [-0.25, -0.2) is 9.97 Å². The Labute approximate surface area is 128 Å². The van der Waals surface area contributed by atoms with E-state index in [0.717, 1.165) is 0 Å². The third-order valence-electron chi connectivity index (χ3n) is 2.63. The van der Waals surface area contributed by atoms with Crippen LogP contribution in [0.1, 0.15) is 5.56 Å². The third kappa shape index (κ3) is 3.48. The van der Waals surface area contributed by atoms with Crippen LogP contribution in [0.15, 0.2) is 18.5 Å². The van der Waals surface area contributed by atoms with E-state index in [1.807, 2.05) is 0 Å². The van der Waals surface area contributed by atoms with E-state index in [-0.39, 0.29) is 16.9 Å². The van der Waals surface area contributed by atoms with Gasteiger partial charge in [0.2, 0.25) is 5.95 Å². The van der Waals surface area contributed by atoms with Crippen molar-refractivity contribution in [3.63, 3.8) is 0 Å². The van der Waals surface area contributed by atoms with E-state index >= 15 is 0 Å². The maximum Gasteiger partial charge on any atom is 0.421 e. The lowest BCUT2D eigenvalue weighted by Gasteiger charge is -2.14. The average molecular weight is 334 g/mol. The van der Waals surface area contributed by atoms with Gasteiger partial charge in [0.1, 0.15) is 28.0 Å². The van der Waals surface area contributed by atoms with Gasteiger partial charge in [0.25, 0.3) is 0 Å². The van der Waals surface area contributed by atoms with E-state index in [1.165, 1.54) is 26.4 Å². The predicted molar refractivity (Wildman–Crippen MR) is 75.7 cm³/mol. The van der Waals surface area contributed by atoms with Crippen molar-refractivity contribution in [2.75, 3.05) is 24.8 Å². The number of rotatable bonds is 4. The van der Waals surface area contributed by atoms with Gasteiger partial charge in [0.05, 0.1) is 13.3 Å². The second-order valence-corrected chi connectivity index (χ2v) is 4.42. The van der Waals surface area contributed by atoms with E-state index in [1.54, 1.807) is 0 Å². The van der Waals surface area contributed by atoms with Crippen molar-refractivity contribution >= 4 is 29.1 Å². The van der Waals surface area contributed by atoms with Gasteiger partial charge >= 0.3 is 6.18 Å². The van der Waals surface area contributed by atoms with Gasteiger partial charge in [-0.1, -0.05) is 11.6 Å². The molecule has 10 heteroatoms. The minimum absolute atomic E-state index is 0.0419. The Hall–Kier alpha value is -2.29. The fraction of sp³-hybridized carbons (Fsp3) is 0.250. The molecule has 2 aromatic heterocycles. The Morgan fingerprint density at radius 2 is 1.95 bits per heavy atom. The summed E-state index contributed by atoms with van der Waals surface area (Å²) in [6, 6.07) is 1.45. The molecule has 0 saturated heterocycles. The summed E-state index contributed by atoms with van der Waals surface area (Å²) in [6.45, 7) is 0. The SMILES string of the molecule is CNc1nc(Nc2cnc(Cl)cc2OC)ncc1C(F)(F)F. The van der Waals surface area contributed by atoms with E-state index in [2.05, 4.69) is 25.6 Å². The minimum atomic E-state index is -4.55. The van der Waals surface area contributed by atoms with Crippen LogP contribution >= 0.6 is 11.6 Å². The monoisotopic (exact) mass is 333 g/mol. The molecule has 0 radical (unpaired) electrons. The molecule has 0 unspecified atom stereocenters. The number of hydrogen-bond donors (Lipinski definition) is 2. The number of ether oxygens (including phenoxy) is 1. The Kier molecular flexibility index (Phi) is 4.55. The van der Waals surface area contributed by atoms with Crippen molar-refractivity contribution in [1.82, 2.24) is 15.0 Å². The van der Waals surface area contributed by atoms with Gasteiger partial charge < -0.3 is 15.4 Å². The van der Waals surface area contributed by atoms with Crippen LogP contribution in [0, 0.1) is 0 Å². The first-order chi connectivity index (χ1) is 10.3. The summed E-state index contributed by atoms with van der Waals surface area (Å²) >= 11 is 5.73. The van der Waals surface area contributed by atoms with Crippen molar-refractivity contribution in [2.45, 2.75) is 6.18 Å². The maximum atomic E-state index is 12.8. The molecule has 0 atom stereocenters. The van der Waals surface area contributed by atoms with Crippen molar-refractivity contribution in [3.05, 3.63) is 29.2 Å². The Bertz CT molecular complexity index is 680. The summed E-state index contributed by atoms with van der Waals surface area (Å²) in [5.41, 5.74) is -0.588. The molecule has 0 aliphatic heterocycles. The van der Waals surface area contributed by atoms with Crippen molar-refractivity contribution < 1.29 is 17.9 Å². The molecule has 2 heterocycles. The standard InChI is InChI=1S/C12H11ClF3N5O/c1-17-10-6(12(14,15)16)4-19-11(21-10)20-7-5-18-9(13)3-8(7)22-2/h3-5H,1-2H3,(H2,17,19,20,21). The molecule has 22 heavy (non-hydrogen) atoms. The second kappa shape index (κ2) is 6.22. The highest BCUT2D eigenvalue weighted by Crippen LogP contribution is 2.34. The van der Waals surface area contributed by atoms with Crippen molar-refractivity contribution in [3.8, 4) is 5.75 Å². The van der Waals surface area contributed by atoms with Gasteiger partial charge in [-0.2, -0.15) is 18.2 Å². The Morgan fingerprint density at radius 3 is 2.55 bits per heavy atom. The molecule has 2 N–H and O–H groups in total. The first-order valence-corrected chi connectivity index (χ1v) is 6.31. The quantitative estimate of drug-likeness (QED) is 0.836. The van der Waals surface area contributed by atoms with E-state index in [9.17, 15) is 13.2 Å². The van der Waals surface area contributed by atoms with E-state index in [0.29, 0.717) is 17.6 Å². The van der Waals surface area contributed by atoms with Gasteiger partial charge in [0, 0.05) is 19.3 Å². The normalized spacial score (nSPS) is 11.2. The van der Waals surface area contributed by atoms with Crippen LogP contribution in [0.3, 0.4) is 0 Å². The molecule has 0 aromatic carbocycles. The van der Waals surface area contributed by atoms with E-state index in [4.69, 9.17) is 16.3 Å². The molecule has 0 saturated carbocycles. The lowest BCUT2D eigenvalue weighted by atomic mass is 10.3. The van der Waals surface area contributed by atoms with Crippen molar-refractivity contribution in [2.24, 2.45) is 0 Å². The lowest BCUT2D eigenvalue weighted by molar-refractivity contribution is -0.137. The zero-order valence-electron chi connectivity index (χ0n) is 11.5. The molecule has 2 rings (SSSR count). The van der Waals surface area contributed by atoms with Crippen LogP contribution < -0.4 is 15.4 Å². The molecule has 0 amide bonds. The zero-order valence-corrected chi connectivity index (χ0v) is 12.2. The number of hydrogen-bond acceptors (Lipinski definition) is 6. The summed E-state index contributed by atoms with van der Waals surface area (Å²) < 4.78 is 43.4. The molecular formula is C12H11ClF3N5O. The highest BCUT2D eigenvalue weighted by molar-refractivity contribution is 6.29. The second-order valence-electron chi connectivity index (χ2n) is 4.04. The molecule has 2 aromatic rings. The van der Waals surface area contributed by atoms with Crippen LogP contribution in [0.2, 0.25) is 5.15 Å². The number of pyridine rings is 1. The summed E-state index contributed by atoms with van der Waals surface area (Å²) in [6.07, 6.45) is -2.49. The molecule has 6 nitrogen and oxygen atoms in total. The van der Waals surface area contributed by atoms with Gasteiger partial charge in [-0.15, -0.1) is 0 Å². The fourth-order valence-corrected chi connectivity index (χ4v) is 1.78. The molecule has 0 bridgehead atoms. The molecule has 118 valence electrons. The molecular weight excluding hydrogens is 323 g/mol. The Morgan fingerprint density at radius 1 is 1.23 bits per heavy atom. The number of anilines is 3. The topological polar surface area (TPSA) is 72.0 Å². The molecule has 0 spiro atoms. The van der Waals surface area contributed by atoms with Gasteiger partial charge in [-0.05, 0) is 0 Å². The van der Waals surface area contributed by atoms with Crippen molar-refractivity contribution in [1.29, 1.82) is 0 Å². The number of nitrogens with one attached hydrogen (secondary N) is 2. The van der Waals surface area contributed by atoms with Crippen LogP contribution in [-0.4, -0.2) is 29.1 Å². The number of nitrogens with zero attached hydrogens (tertiary/aromatic N) is 3. The molecule has 0 aliphatic rings. The van der Waals surface area contributed by atoms with Crippen LogP contribution in [-0.2, 0) is 6.18 Å². The van der Waals surface area contributed by atoms with Crippen LogP contribution in [0.5, 0.6) is 5.75 Å². The zero-order chi connectivity index (χ0) is 16.3. The summed E-state index contributed by atoms with van der Waals surface area (Å²) in [5.74, 6) is -0.0276. The summed E-state index contributed by atoms with van der Waals surface area (Å²) in [5, 5.41) is 5.33. The van der Waals surface area contributed by atoms with Gasteiger partial charge in [-0.3, -0.25) is 0 Å². The summed E-state index contributed by atoms with van der Waals surface area (Å²) in [7, 11) is 2.76. The fourth-order valence-electron chi connectivity index (χ4n) is 1.64. The maximum absolute atomic E-state index is 12.8. The first-order valence-electron chi connectivity index (χ1n) is 5.93. The number of alkyl halides is 3. The smallest absolute Gasteiger partial charge is 0.421 e. The van der Waals surface area contributed by atoms with E-state index < -0.39 is 11.7 Å². The third-order valence-corrected chi connectivity index (χ3v) is 2.84. The van der Waals surface area contributed by atoms with Crippen LogP contribution in [0.25, 0.3) is 0 Å². The molecule has 0 fully saturated rings. The number of methoxy groups -OCH3 is 1. The van der Waals surface area contributed by atoms with Gasteiger partial charge in [0.15, 0.2) is 0 Å². The lowest BCUT2D eigenvalue weighted by Crippen LogP contribution is -2.12. The largest absolute Gasteiger partial charge is 0.494 e. The predicted octanol–water partition coefficient (Wildman–Crippen LogP) is 3.34. The highest BCUT2D eigenvalue weighted by atomic mass is 35.5. The molecule has 0 aliphatic carbocycles. The summed E-state index contributed by atoms with van der Waals surface area (Å²) in [4.78, 5) is 11.3. The van der Waals surface area contributed by atoms with Crippen LogP contribution in [0.4, 0.5) is 30.6 Å². The first kappa shape index (κ1) is 16.1. The highest BCUT2D eigenvalue weighted by Gasteiger charge is 2.35.